The molecule has 6 heteroatoms. The fourth-order valence-electron chi connectivity index (χ4n) is 2.87. The number of hydrogen-bond donors (Lipinski definition) is 1. The van der Waals surface area contributed by atoms with Crippen LogP contribution in [0.25, 0.3) is 0 Å². The lowest BCUT2D eigenvalue weighted by atomic mass is 9.96. The average Bonchev–Trinajstić information content (AvgIpc) is 3.14. The lowest BCUT2D eigenvalue weighted by molar-refractivity contribution is -0.134. The first-order valence-corrected chi connectivity index (χ1v) is 7.81. The van der Waals surface area contributed by atoms with Gasteiger partial charge in [-0.1, -0.05) is 12.1 Å². The van der Waals surface area contributed by atoms with Gasteiger partial charge in [0.15, 0.2) is 18.1 Å². The van der Waals surface area contributed by atoms with Gasteiger partial charge in [-0.2, -0.15) is 0 Å². The number of imidazole rings is 1. The van der Waals surface area contributed by atoms with Crippen LogP contribution in [0, 0.1) is 0 Å². The highest BCUT2D eigenvalue weighted by molar-refractivity contribution is 5.78. The third kappa shape index (κ3) is 3.64. The number of aromatic nitrogens is 2. The van der Waals surface area contributed by atoms with Crippen LogP contribution < -0.4 is 9.47 Å². The number of aromatic amines is 1. The first kappa shape index (κ1) is 15.4. The van der Waals surface area contributed by atoms with Crippen molar-refractivity contribution in [1.29, 1.82) is 0 Å². The van der Waals surface area contributed by atoms with E-state index in [1.165, 1.54) is 0 Å². The van der Waals surface area contributed by atoms with Crippen LogP contribution in [-0.2, 0) is 4.79 Å². The quantitative estimate of drug-likeness (QED) is 0.918. The van der Waals surface area contributed by atoms with Crippen LogP contribution in [0.4, 0.5) is 0 Å². The van der Waals surface area contributed by atoms with Gasteiger partial charge in [-0.05, 0) is 25.0 Å². The Morgan fingerprint density at radius 1 is 1.30 bits per heavy atom. The van der Waals surface area contributed by atoms with E-state index < -0.39 is 0 Å². The number of carbonyl (C=O) groups is 1. The van der Waals surface area contributed by atoms with Crippen molar-refractivity contribution >= 4 is 5.91 Å². The molecule has 0 atom stereocenters. The number of likely N-dealkylation sites (tertiary alicyclic amines) is 1. The molecule has 1 amide bonds. The van der Waals surface area contributed by atoms with Gasteiger partial charge in [0.25, 0.3) is 5.91 Å². The van der Waals surface area contributed by atoms with Crippen molar-refractivity contribution in [1.82, 2.24) is 14.9 Å². The molecular formula is C17H21N3O3. The molecule has 1 saturated heterocycles. The van der Waals surface area contributed by atoms with E-state index in [0.29, 0.717) is 17.4 Å². The van der Waals surface area contributed by atoms with Crippen molar-refractivity contribution in [3.05, 3.63) is 42.5 Å². The molecule has 3 rings (SSSR count). The maximum atomic E-state index is 12.3. The number of para-hydroxylation sites is 2. The molecule has 6 nitrogen and oxygen atoms in total. The van der Waals surface area contributed by atoms with E-state index >= 15 is 0 Å². The lowest BCUT2D eigenvalue weighted by Crippen LogP contribution is -2.40. The van der Waals surface area contributed by atoms with Crippen molar-refractivity contribution < 1.29 is 14.3 Å². The minimum Gasteiger partial charge on any atom is -0.493 e. The maximum Gasteiger partial charge on any atom is 0.260 e. The molecule has 1 fully saturated rings. The van der Waals surface area contributed by atoms with Crippen molar-refractivity contribution in [2.75, 3.05) is 26.8 Å². The molecule has 0 radical (unpaired) electrons. The van der Waals surface area contributed by atoms with Crippen LogP contribution in [0.3, 0.4) is 0 Å². The first-order chi connectivity index (χ1) is 11.3. The zero-order valence-electron chi connectivity index (χ0n) is 13.2. The van der Waals surface area contributed by atoms with E-state index in [1.807, 2.05) is 29.3 Å². The molecule has 0 saturated carbocycles. The summed E-state index contributed by atoms with van der Waals surface area (Å²) in [6, 6.07) is 7.34. The predicted molar refractivity (Wildman–Crippen MR) is 85.6 cm³/mol. The van der Waals surface area contributed by atoms with Crippen molar-refractivity contribution in [3.63, 3.8) is 0 Å². The number of H-pyrrole nitrogens is 1. The largest absolute Gasteiger partial charge is 0.493 e. The molecule has 0 spiro atoms. The fraction of sp³-hybridized carbons (Fsp3) is 0.412. The summed E-state index contributed by atoms with van der Waals surface area (Å²) in [6.45, 7) is 1.50. The smallest absolute Gasteiger partial charge is 0.260 e. The standard InChI is InChI=1S/C17H21N3O3/c1-22-14-4-2-3-5-15(14)23-12-16(21)20-10-6-13(7-11-20)17-18-8-9-19-17/h2-5,8-9,13H,6-7,10-12H2,1H3,(H,18,19). The monoisotopic (exact) mass is 315 g/mol. The predicted octanol–water partition coefficient (Wildman–Crippen LogP) is 2.20. The Hall–Kier alpha value is -2.50. The molecule has 1 aromatic heterocycles. The zero-order chi connectivity index (χ0) is 16.1. The van der Waals surface area contributed by atoms with E-state index in [9.17, 15) is 4.79 Å². The van der Waals surface area contributed by atoms with E-state index in [1.54, 1.807) is 19.4 Å². The SMILES string of the molecule is COc1ccccc1OCC(=O)N1CCC(c2ncc[nH]2)CC1. The highest BCUT2D eigenvalue weighted by atomic mass is 16.5. The van der Waals surface area contributed by atoms with E-state index in [4.69, 9.17) is 9.47 Å². The molecule has 122 valence electrons. The Morgan fingerprint density at radius 2 is 2.04 bits per heavy atom. The molecular weight excluding hydrogens is 294 g/mol. The van der Waals surface area contributed by atoms with Gasteiger partial charge in [0, 0.05) is 31.4 Å². The zero-order valence-corrected chi connectivity index (χ0v) is 13.2. The third-order valence-electron chi connectivity index (χ3n) is 4.17. The number of ether oxygens (including phenoxy) is 2. The van der Waals surface area contributed by atoms with Gasteiger partial charge >= 0.3 is 0 Å². The second-order valence-electron chi connectivity index (χ2n) is 5.57. The number of nitrogens with one attached hydrogen (secondary N) is 1. The number of piperidine rings is 1. The average molecular weight is 315 g/mol. The highest BCUT2D eigenvalue weighted by Gasteiger charge is 2.25. The lowest BCUT2D eigenvalue weighted by Gasteiger charge is -2.31. The van der Waals surface area contributed by atoms with E-state index in [-0.39, 0.29) is 12.5 Å². The maximum absolute atomic E-state index is 12.3. The van der Waals surface area contributed by atoms with Crippen LogP contribution >= 0.6 is 0 Å². The fourth-order valence-corrected chi connectivity index (χ4v) is 2.87. The third-order valence-corrected chi connectivity index (χ3v) is 4.17. The topological polar surface area (TPSA) is 67.5 Å². The summed E-state index contributed by atoms with van der Waals surface area (Å²) in [7, 11) is 1.59. The van der Waals surface area contributed by atoms with E-state index in [2.05, 4.69) is 9.97 Å². The van der Waals surface area contributed by atoms with Crippen molar-refractivity contribution in [2.45, 2.75) is 18.8 Å². The van der Waals surface area contributed by atoms with Gasteiger partial charge in [0.1, 0.15) is 5.82 Å². The summed E-state index contributed by atoms with van der Waals surface area (Å²) in [5, 5.41) is 0. The number of rotatable bonds is 5. The Morgan fingerprint density at radius 3 is 2.70 bits per heavy atom. The summed E-state index contributed by atoms with van der Waals surface area (Å²) in [5.41, 5.74) is 0. The van der Waals surface area contributed by atoms with Gasteiger partial charge in [-0.3, -0.25) is 4.79 Å². The Balaban J connectivity index is 1.50. The van der Waals surface area contributed by atoms with Crippen LogP contribution in [0.15, 0.2) is 36.7 Å². The van der Waals surface area contributed by atoms with Gasteiger partial charge in [0.2, 0.25) is 0 Å². The minimum absolute atomic E-state index is 0.00815. The van der Waals surface area contributed by atoms with Crippen LogP contribution in [0.5, 0.6) is 11.5 Å². The van der Waals surface area contributed by atoms with Crippen molar-refractivity contribution in [3.8, 4) is 11.5 Å². The summed E-state index contributed by atoms with van der Waals surface area (Å²) >= 11 is 0. The molecule has 1 aromatic carbocycles. The summed E-state index contributed by atoms with van der Waals surface area (Å²) in [4.78, 5) is 21.6. The van der Waals surface area contributed by atoms with Crippen molar-refractivity contribution in [2.24, 2.45) is 0 Å². The summed E-state index contributed by atoms with van der Waals surface area (Å²) < 4.78 is 10.8. The molecule has 2 aromatic rings. The Bertz CT molecular complexity index is 634. The highest BCUT2D eigenvalue weighted by Crippen LogP contribution is 2.27. The second-order valence-corrected chi connectivity index (χ2v) is 5.57. The molecule has 0 unspecified atom stereocenters. The second kappa shape index (κ2) is 7.17. The van der Waals surface area contributed by atoms with Gasteiger partial charge in [0.05, 0.1) is 7.11 Å². The first-order valence-electron chi connectivity index (χ1n) is 7.81. The molecule has 2 heterocycles. The number of amides is 1. The molecule has 1 aliphatic rings. The molecule has 1 N–H and O–H groups in total. The summed E-state index contributed by atoms with van der Waals surface area (Å²) in [5.74, 6) is 2.66. The van der Waals surface area contributed by atoms with Crippen LogP contribution in [-0.4, -0.2) is 47.6 Å². The number of carbonyl (C=O) groups excluding carboxylic acids is 1. The minimum atomic E-state index is 0.00815. The molecule has 23 heavy (non-hydrogen) atoms. The Labute approximate surface area is 135 Å². The van der Waals surface area contributed by atoms with Gasteiger partial charge in [-0.25, -0.2) is 4.98 Å². The number of hydrogen-bond acceptors (Lipinski definition) is 4. The Kier molecular flexibility index (Phi) is 4.80. The van der Waals surface area contributed by atoms with E-state index in [0.717, 1.165) is 31.8 Å². The van der Waals surface area contributed by atoms with Gasteiger partial charge < -0.3 is 19.4 Å². The van der Waals surface area contributed by atoms with Crippen LogP contribution in [0.2, 0.25) is 0 Å². The van der Waals surface area contributed by atoms with Gasteiger partial charge in [-0.15, -0.1) is 0 Å². The molecule has 1 aliphatic heterocycles. The normalized spacial score (nSPS) is 15.4. The number of methoxy groups -OCH3 is 1. The molecule has 0 bridgehead atoms. The number of benzene rings is 1. The summed E-state index contributed by atoms with van der Waals surface area (Å²) in [6.07, 6.45) is 5.46. The molecule has 0 aliphatic carbocycles. The number of nitrogens with zero attached hydrogens (tertiary/aromatic N) is 2. The van der Waals surface area contributed by atoms with Crippen LogP contribution in [0.1, 0.15) is 24.6 Å².